The van der Waals surface area contributed by atoms with E-state index in [9.17, 15) is 14.4 Å². The van der Waals surface area contributed by atoms with Crippen LogP contribution in [0.25, 0.3) is 10.2 Å². The summed E-state index contributed by atoms with van der Waals surface area (Å²) in [6.07, 6.45) is 1.27. The van der Waals surface area contributed by atoms with E-state index in [1.54, 1.807) is 0 Å². The molecule has 0 saturated heterocycles. The first-order valence-corrected chi connectivity index (χ1v) is 8.74. The number of hydrogen-bond acceptors (Lipinski definition) is 6. The van der Waals surface area contributed by atoms with E-state index in [1.165, 1.54) is 11.3 Å². The fourth-order valence-corrected chi connectivity index (χ4v) is 3.24. The molecule has 0 aliphatic heterocycles. The second-order valence-electron chi connectivity index (χ2n) is 5.42. The average molecular weight is 376 g/mol. The molecule has 1 atom stereocenters. The molecule has 0 spiro atoms. The van der Waals surface area contributed by atoms with Crippen LogP contribution in [0.2, 0.25) is 0 Å². The molecular weight excluding hydrogens is 356 g/mol. The number of amides is 2. The second kappa shape index (κ2) is 9.47. The summed E-state index contributed by atoms with van der Waals surface area (Å²) in [5.41, 5.74) is 11.3. The van der Waals surface area contributed by atoms with Gasteiger partial charge < -0.3 is 22.1 Å². The summed E-state index contributed by atoms with van der Waals surface area (Å²) in [5.74, 6) is -0.771. The van der Waals surface area contributed by atoms with E-state index in [0.29, 0.717) is 30.8 Å². The van der Waals surface area contributed by atoms with Crippen molar-refractivity contribution in [2.45, 2.75) is 18.9 Å². The van der Waals surface area contributed by atoms with Crippen molar-refractivity contribution in [1.82, 2.24) is 15.6 Å². The van der Waals surface area contributed by atoms with Crippen LogP contribution < -0.4 is 22.1 Å². The Balaban J connectivity index is 2.11. The maximum Gasteiger partial charge on any atom is 0.239 e. The molecule has 1 aromatic heterocycles. The number of thiazole rings is 1. The number of nitrogens with one attached hydrogen (secondary N) is 2. The van der Waals surface area contributed by atoms with E-state index >= 15 is 0 Å². The predicted octanol–water partition coefficient (Wildman–Crippen LogP) is -0.237. The summed E-state index contributed by atoms with van der Waals surface area (Å²) in [7, 11) is 0. The van der Waals surface area contributed by atoms with Gasteiger partial charge in [0.25, 0.3) is 0 Å². The van der Waals surface area contributed by atoms with Gasteiger partial charge in [0.2, 0.25) is 18.1 Å². The quantitative estimate of drug-likeness (QED) is 0.148. The summed E-state index contributed by atoms with van der Waals surface area (Å²) in [5, 5.41) is 5.21. The van der Waals surface area contributed by atoms with E-state index in [1.807, 2.05) is 24.3 Å². The van der Waals surface area contributed by atoms with Gasteiger partial charge in [-0.25, -0.2) is 4.98 Å². The second-order valence-corrected chi connectivity index (χ2v) is 6.45. The zero-order valence-corrected chi connectivity index (χ0v) is 14.8. The lowest BCUT2D eigenvalue weighted by Crippen LogP contribution is -2.44. The minimum Gasteiger partial charge on any atom is -0.370 e. The summed E-state index contributed by atoms with van der Waals surface area (Å²) < 4.78 is 0.893. The zero-order chi connectivity index (χ0) is 18.9. The van der Waals surface area contributed by atoms with Crippen molar-refractivity contribution in [1.29, 1.82) is 0 Å². The normalized spacial score (nSPS) is 11.5. The molecule has 0 bridgehead atoms. The lowest BCUT2D eigenvalue weighted by atomic mass is 10.1. The van der Waals surface area contributed by atoms with E-state index in [0.717, 1.165) is 10.2 Å². The number of benzene rings is 1. The Morgan fingerprint density at radius 3 is 2.77 bits per heavy atom. The van der Waals surface area contributed by atoms with Gasteiger partial charge in [-0.1, -0.05) is 12.1 Å². The number of fused-ring (bicyclic) bond motifs is 1. The molecule has 0 aliphatic carbocycles. The lowest BCUT2D eigenvalue weighted by Gasteiger charge is -2.16. The van der Waals surface area contributed by atoms with Crippen LogP contribution in [0.1, 0.15) is 22.6 Å². The third-order valence-electron chi connectivity index (χ3n) is 3.45. The number of para-hydroxylation sites is 1. The molecule has 0 aliphatic rings. The number of Topliss-reactive ketones (excluding diaryl/α,β-unsaturated/α-hetero) is 1. The highest BCUT2D eigenvalue weighted by Crippen LogP contribution is 2.23. The first kappa shape index (κ1) is 19.3. The van der Waals surface area contributed by atoms with Crippen molar-refractivity contribution in [3.63, 3.8) is 0 Å². The number of hydrogen-bond donors (Lipinski definition) is 4. The fourth-order valence-electron chi connectivity index (χ4n) is 2.28. The Morgan fingerprint density at radius 2 is 2.08 bits per heavy atom. The molecule has 0 radical (unpaired) electrons. The van der Waals surface area contributed by atoms with Crippen molar-refractivity contribution < 1.29 is 14.4 Å². The highest BCUT2D eigenvalue weighted by Gasteiger charge is 2.24. The van der Waals surface area contributed by atoms with Crippen LogP contribution in [0.15, 0.2) is 29.3 Å². The monoisotopic (exact) mass is 376 g/mol. The van der Waals surface area contributed by atoms with Crippen molar-refractivity contribution in [3.8, 4) is 0 Å². The smallest absolute Gasteiger partial charge is 0.239 e. The van der Waals surface area contributed by atoms with Crippen LogP contribution in [-0.2, 0) is 9.59 Å². The van der Waals surface area contributed by atoms with E-state index in [4.69, 9.17) is 11.5 Å². The fraction of sp³-hybridized carbons (Fsp3) is 0.312. The summed E-state index contributed by atoms with van der Waals surface area (Å²) >= 11 is 1.27. The third kappa shape index (κ3) is 5.52. The number of nitrogens with two attached hydrogens (primary N) is 2. The molecule has 2 amide bonds. The number of nitrogens with zero attached hydrogens (tertiary/aromatic N) is 2. The highest BCUT2D eigenvalue weighted by atomic mass is 32.1. The number of guanidine groups is 1. The Hall–Kier alpha value is -3.01. The number of aliphatic imine (C=N–C) groups is 1. The number of carbonyl (C=O) groups is 3. The Bertz CT molecular complexity index is 782. The molecule has 1 heterocycles. The molecule has 2 rings (SSSR count). The standard InChI is InChI=1S/C16H20N6O3S/c17-16(18)20-7-3-5-11(21-13(24)8-19-9-23)14(25)15-22-10-4-1-2-6-12(10)26-15/h1-2,4,6,9,11H,3,5,7-8H2,(H,19,23)(H,21,24)(H4,17,18,20). The van der Waals surface area contributed by atoms with E-state index < -0.39 is 11.9 Å². The summed E-state index contributed by atoms with van der Waals surface area (Å²) in [6, 6.07) is 6.64. The first-order chi connectivity index (χ1) is 12.5. The van der Waals surface area contributed by atoms with Crippen LogP contribution in [0.3, 0.4) is 0 Å². The molecule has 138 valence electrons. The zero-order valence-electron chi connectivity index (χ0n) is 14.0. The number of aromatic nitrogens is 1. The van der Waals surface area contributed by atoms with Crippen molar-refractivity contribution in [2.75, 3.05) is 13.1 Å². The van der Waals surface area contributed by atoms with Crippen molar-refractivity contribution >= 4 is 45.6 Å². The van der Waals surface area contributed by atoms with Gasteiger partial charge in [0.05, 0.1) is 22.8 Å². The molecule has 0 saturated carbocycles. The van der Waals surface area contributed by atoms with Gasteiger partial charge in [0, 0.05) is 6.54 Å². The van der Waals surface area contributed by atoms with Gasteiger partial charge in [-0.05, 0) is 25.0 Å². The Kier molecular flexibility index (Phi) is 7.03. The van der Waals surface area contributed by atoms with Crippen LogP contribution in [0.5, 0.6) is 0 Å². The van der Waals surface area contributed by atoms with E-state index in [2.05, 4.69) is 20.6 Å². The predicted molar refractivity (Wildman–Crippen MR) is 99.9 cm³/mol. The summed E-state index contributed by atoms with van der Waals surface area (Å²) in [4.78, 5) is 43.2. The number of rotatable bonds is 10. The molecule has 2 aromatic rings. The van der Waals surface area contributed by atoms with Gasteiger partial charge in [-0.15, -0.1) is 11.3 Å². The Labute approximate surface area is 153 Å². The Morgan fingerprint density at radius 1 is 1.31 bits per heavy atom. The number of carbonyl (C=O) groups excluding carboxylic acids is 3. The molecule has 26 heavy (non-hydrogen) atoms. The minimum absolute atomic E-state index is 0.0294. The van der Waals surface area contributed by atoms with Crippen LogP contribution >= 0.6 is 11.3 Å². The third-order valence-corrected chi connectivity index (χ3v) is 4.50. The number of ketones is 1. The summed E-state index contributed by atoms with van der Waals surface area (Å²) in [6.45, 7) is 0.134. The van der Waals surface area contributed by atoms with E-state index in [-0.39, 0.29) is 18.3 Å². The molecule has 6 N–H and O–H groups in total. The largest absolute Gasteiger partial charge is 0.370 e. The van der Waals surface area contributed by atoms with Crippen molar-refractivity contribution in [3.05, 3.63) is 29.3 Å². The molecule has 0 fully saturated rings. The van der Waals surface area contributed by atoms with Gasteiger partial charge in [0.1, 0.15) is 0 Å². The molecule has 1 unspecified atom stereocenters. The maximum atomic E-state index is 12.8. The topological polar surface area (TPSA) is 153 Å². The van der Waals surface area contributed by atoms with Crippen LogP contribution in [0, 0.1) is 0 Å². The molecule has 10 heteroatoms. The van der Waals surface area contributed by atoms with Gasteiger partial charge in [-0.2, -0.15) is 0 Å². The molecular formula is C16H20N6O3S. The molecule has 9 nitrogen and oxygen atoms in total. The maximum absolute atomic E-state index is 12.8. The van der Waals surface area contributed by atoms with Crippen LogP contribution in [-0.4, -0.2) is 48.2 Å². The highest BCUT2D eigenvalue weighted by molar-refractivity contribution is 7.20. The first-order valence-electron chi connectivity index (χ1n) is 7.93. The van der Waals surface area contributed by atoms with Crippen molar-refractivity contribution in [2.24, 2.45) is 16.5 Å². The van der Waals surface area contributed by atoms with Gasteiger partial charge in [0.15, 0.2) is 11.0 Å². The average Bonchev–Trinajstić information content (AvgIpc) is 3.05. The molecule has 1 aromatic carbocycles. The van der Waals surface area contributed by atoms with Gasteiger partial charge in [-0.3, -0.25) is 19.4 Å². The SMILES string of the molecule is NC(N)=NCCCC(NC(=O)CNC=O)C(=O)c1nc2ccccc2s1. The minimum atomic E-state index is -0.772. The van der Waals surface area contributed by atoms with Gasteiger partial charge >= 0.3 is 0 Å². The lowest BCUT2D eigenvalue weighted by molar-refractivity contribution is -0.122. The van der Waals surface area contributed by atoms with Crippen LogP contribution in [0.4, 0.5) is 0 Å².